The molecule has 118 valence electrons. The molecule has 3 atom stereocenters. The number of rotatable bonds is 5. The van der Waals surface area contributed by atoms with E-state index >= 15 is 0 Å². The van der Waals surface area contributed by atoms with Crippen molar-refractivity contribution in [3.63, 3.8) is 0 Å². The van der Waals surface area contributed by atoms with Gasteiger partial charge in [-0.1, -0.05) is 6.42 Å². The van der Waals surface area contributed by atoms with Gasteiger partial charge in [0, 0.05) is 37.8 Å². The lowest BCUT2D eigenvalue weighted by Crippen LogP contribution is -2.51. The Kier molecular flexibility index (Phi) is 4.93. The van der Waals surface area contributed by atoms with Crippen LogP contribution in [0.2, 0.25) is 0 Å². The van der Waals surface area contributed by atoms with Crippen molar-refractivity contribution in [2.75, 3.05) is 26.3 Å². The topological polar surface area (TPSA) is 50.5 Å². The second-order valence-electron chi connectivity index (χ2n) is 6.29. The zero-order valence-corrected chi connectivity index (χ0v) is 12.9. The van der Waals surface area contributed by atoms with Crippen LogP contribution < -0.4 is 0 Å². The Bertz CT molecular complexity index is 448. The third-order valence-electron chi connectivity index (χ3n) is 5.00. The zero-order valence-electron chi connectivity index (χ0n) is 12.9. The summed E-state index contributed by atoms with van der Waals surface area (Å²) in [7, 11) is 0. The van der Waals surface area contributed by atoms with Crippen LogP contribution in [0, 0.1) is 5.92 Å². The highest BCUT2D eigenvalue weighted by Crippen LogP contribution is 2.32. The lowest BCUT2D eigenvalue weighted by Gasteiger charge is -2.40. The van der Waals surface area contributed by atoms with E-state index in [9.17, 15) is 5.11 Å². The molecule has 2 fully saturated rings. The van der Waals surface area contributed by atoms with Crippen LogP contribution in [0.1, 0.15) is 31.7 Å². The van der Waals surface area contributed by atoms with E-state index in [1.54, 1.807) is 0 Å². The molecule has 0 amide bonds. The SMILES string of the molecule is CCn1cc(CCN2CCOCC2C2CCCC2O)cn1. The highest BCUT2D eigenvalue weighted by molar-refractivity contribution is 5.05. The van der Waals surface area contributed by atoms with Crippen molar-refractivity contribution in [2.24, 2.45) is 5.92 Å². The maximum Gasteiger partial charge on any atom is 0.0626 e. The monoisotopic (exact) mass is 293 g/mol. The highest BCUT2D eigenvalue weighted by Gasteiger charge is 2.37. The molecule has 1 aliphatic carbocycles. The van der Waals surface area contributed by atoms with Gasteiger partial charge in [0.05, 0.1) is 25.5 Å². The van der Waals surface area contributed by atoms with Crippen LogP contribution in [0.4, 0.5) is 0 Å². The van der Waals surface area contributed by atoms with Gasteiger partial charge in [-0.2, -0.15) is 5.10 Å². The Balaban J connectivity index is 1.58. The second kappa shape index (κ2) is 6.90. The van der Waals surface area contributed by atoms with Gasteiger partial charge >= 0.3 is 0 Å². The van der Waals surface area contributed by atoms with Gasteiger partial charge in [0.1, 0.15) is 0 Å². The van der Waals surface area contributed by atoms with Crippen molar-refractivity contribution >= 4 is 0 Å². The minimum atomic E-state index is -0.137. The van der Waals surface area contributed by atoms with Gasteiger partial charge in [-0.05, 0) is 31.7 Å². The van der Waals surface area contributed by atoms with Crippen LogP contribution in [0.15, 0.2) is 12.4 Å². The van der Waals surface area contributed by atoms with Crippen molar-refractivity contribution in [1.29, 1.82) is 0 Å². The van der Waals surface area contributed by atoms with Crippen LogP contribution in [-0.2, 0) is 17.7 Å². The standard InChI is InChI=1S/C16H27N3O2/c1-2-19-11-13(10-17-19)6-7-18-8-9-21-12-15(18)14-4-3-5-16(14)20/h10-11,14-16,20H,2-9,12H2,1H3. The molecule has 0 aromatic carbocycles. The van der Waals surface area contributed by atoms with Gasteiger partial charge in [0.2, 0.25) is 0 Å². The molecular weight excluding hydrogens is 266 g/mol. The number of ether oxygens (including phenoxy) is 1. The van der Waals surface area contributed by atoms with E-state index < -0.39 is 0 Å². The predicted octanol–water partition coefficient (Wildman–Crippen LogP) is 1.31. The number of aromatic nitrogens is 2. The number of aliphatic hydroxyl groups is 1. The Morgan fingerprint density at radius 1 is 1.43 bits per heavy atom. The molecule has 3 unspecified atom stereocenters. The number of aryl methyl sites for hydroxylation is 1. The number of nitrogens with zero attached hydrogens (tertiary/aromatic N) is 3. The van der Waals surface area contributed by atoms with E-state index in [4.69, 9.17) is 4.74 Å². The summed E-state index contributed by atoms with van der Waals surface area (Å²) in [6, 6.07) is 0.387. The number of hydrogen-bond acceptors (Lipinski definition) is 4. The van der Waals surface area contributed by atoms with Crippen molar-refractivity contribution in [3.05, 3.63) is 18.0 Å². The second-order valence-corrected chi connectivity index (χ2v) is 6.29. The van der Waals surface area contributed by atoms with Crippen molar-refractivity contribution < 1.29 is 9.84 Å². The highest BCUT2D eigenvalue weighted by atomic mass is 16.5. The van der Waals surface area contributed by atoms with E-state index in [0.29, 0.717) is 12.0 Å². The molecule has 2 heterocycles. The number of morpholine rings is 1. The molecule has 1 aliphatic heterocycles. The average Bonchev–Trinajstić information content (AvgIpc) is 3.14. The number of hydrogen-bond donors (Lipinski definition) is 1. The summed E-state index contributed by atoms with van der Waals surface area (Å²) in [6.45, 7) is 6.64. The Labute approximate surface area is 126 Å². The summed E-state index contributed by atoms with van der Waals surface area (Å²) in [5.41, 5.74) is 1.30. The van der Waals surface area contributed by atoms with E-state index in [2.05, 4.69) is 23.1 Å². The Hall–Kier alpha value is -0.910. The Morgan fingerprint density at radius 3 is 3.05 bits per heavy atom. The number of aliphatic hydroxyl groups excluding tert-OH is 1. The van der Waals surface area contributed by atoms with Gasteiger partial charge < -0.3 is 9.84 Å². The fourth-order valence-electron chi connectivity index (χ4n) is 3.73. The van der Waals surface area contributed by atoms with E-state index in [1.165, 1.54) is 5.56 Å². The molecule has 0 spiro atoms. The van der Waals surface area contributed by atoms with Crippen LogP contribution >= 0.6 is 0 Å². The summed E-state index contributed by atoms with van der Waals surface area (Å²) >= 11 is 0. The molecule has 1 saturated carbocycles. The van der Waals surface area contributed by atoms with Crippen molar-refractivity contribution in [2.45, 2.75) is 51.3 Å². The van der Waals surface area contributed by atoms with E-state index in [-0.39, 0.29) is 6.10 Å². The summed E-state index contributed by atoms with van der Waals surface area (Å²) in [6.07, 6.45) is 8.25. The van der Waals surface area contributed by atoms with Crippen LogP contribution in [-0.4, -0.2) is 58.2 Å². The molecule has 0 radical (unpaired) electrons. The summed E-state index contributed by atoms with van der Waals surface area (Å²) in [5, 5.41) is 14.5. The van der Waals surface area contributed by atoms with E-state index in [1.807, 2.05) is 10.9 Å². The maximum atomic E-state index is 10.2. The predicted molar refractivity (Wildman–Crippen MR) is 81.1 cm³/mol. The molecule has 5 nitrogen and oxygen atoms in total. The van der Waals surface area contributed by atoms with Gasteiger partial charge in [-0.3, -0.25) is 9.58 Å². The first-order valence-corrected chi connectivity index (χ1v) is 8.29. The zero-order chi connectivity index (χ0) is 14.7. The lowest BCUT2D eigenvalue weighted by atomic mass is 9.94. The first-order valence-electron chi connectivity index (χ1n) is 8.29. The van der Waals surface area contributed by atoms with Crippen molar-refractivity contribution in [1.82, 2.24) is 14.7 Å². The summed E-state index contributed by atoms with van der Waals surface area (Å²) in [5.74, 6) is 0.392. The summed E-state index contributed by atoms with van der Waals surface area (Å²) < 4.78 is 7.66. The smallest absolute Gasteiger partial charge is 0.0626 e. The van der Waals surface area contributed by atoms with E-state index in [0.717, 1.165) is 58.5 Å². The molecule has 2 aliphatic rings. The van der Waals surface area contributed by atoms with Gasteiger partial charge in [0.15, 0.2) is 0 Å². The average molecular weight is 293 g/mol. The van der Waals surface area contributed by atoms with Crippen molar-refractivity contribution in [3.8, 4) is 0 Å². The van der Waals surface area contributed by atoms with Crippen LogP contribution in [0.25, 0.3) is 0 Å². The first kappa shape index (κ1) is 15.0. The fourth-order valence-corrected chi connectivity index (χ4v) is 3.73. The quantitative estimate of drug-likeness (QED) is 0.889. The van der Waals surface area contributed by atoms with Crippen LogP contribution in [0.5, 0.6) is 0 Å². The first-order chi connectivity index (χ1) is 10.3. The normalized spacial score (nSPS) is 30.9. The third-order valence-corrected chi connectivity index (χ3v) is 5.00. The Morgan fingerprint density at radius 2 is 2.33 bits per heavy atom. The van der Waals surface area contributed by atoms with Gasteiger partial charge in [-0.15, -0.1) is 0 Å². The molecular formula is C16H27N3O2. The lowest BCUT2D eigenvalue weighted by molar-refractivity contribution is -0.0494. The molecule has 1 N–H and O–H groups in total. The molecule has 1 aromatic rings. The minimum absolute atomic E-state index is 0.137. The molecule has 1 aromatic heterocycles. The van der Waals surface area contributed by atoms with Crippen LogP contribution in [0.3, 0.4) is 0 Å². The van der Waals surface area contributed by atoms with Gasteiger partial charge in [0.25, 0.3) is 0 Å². The molecule has 0 bridgehead atoms. The van der Waals surface area contributed by atoms with Gasteiger partial charge in [-0.25, -0.2) is 0 Å². The molecule has 5 heteroatoms. The minimum Gasteiger partial charge on any atom is -0.393 e. The summed E-state index contributed by atoms with van der Waals surface area (Å²) in [4.78, 5) is 2.52. The molecule has 3 rings (SSSR count). The molecule has 1 saturated heterocycles. The maximum absolute atomic E-state index is 10.2. The third kappa shape index (κ3) is 3.47. The fraction of sp³-hybridized carbons (Fsp3) is 0.812. The largest absolute Gasteiger partial charge is 0.393 e. The molecule has 21 heavy (non-hydrogen) atoms.